The van der Waals surface area contributed by atoms with E-state index in [-0.39, 0.29) is 6.10 Å². The van der Waals surface area contributed by atoms with Crippen LogP contribution >= 0.6 is 0 Å². The fourth-order valence-electron chi connectivity index (χ4n) is 2.13. The highest BCUT2D eigenvalue weighted by atomic mass is 16.5. The van der Waals surface area contributed by atoms with E-state index in [4.69, 9.17) is 9.47 Å². The molecular formula is C16H22O2. The summed E-state index contributed by atoms with van der Waals surface area (Å²) in [7, 11) is 0. The van der Waals surface area contributed by atoms with Crippen molar-refractivity contribution in [1.29, 1.82) is 0 Å². The summed E-state index contributed by atoms with van der Waals surface area (Å²) in [6.07, 6.45) is 6.87. The number of allylic oxidation sites excluding steroid dienone is 1. The Bertz CT molecular complexity index is 362. The molecular weight excluding hydrogens is 224 g/mol. The molecule has 1 atom stereocenters. The van der Waals surface area contributed by atoms with Crippen LogP contribution in [0.15, 0.2) is 36.6 Å². The van der Waals surface area contributed by atoms with Gasteiger partial charge in [-0.05, 0) is 37.3 Å². The van der Waals surface area contributed by atoms with E-state index in [0.717, 1.165) is 25.2 Å². The standard InChI is InChI=1S/C16H22O2/c1-14(15-8-4-2-5-9-15)12-18-16-10-6-3-7-11-17-13-16/h2,4-5,8-9,12,16H,3,6-7,10-11,13H2,1H3/b14-12-. The first-order valence-electron chi connectivity index (χ1n) is 6.81. The topological polar surface area (TPSA) is 18.5 Å². The molecule has 2 nitrogen and oxygen atoms in total. The van der Waals surface area contributed by atoms with Crippen molar-refractivity contribution < 1.29 is 9.47 Å². The van der Waals surface area contributed by atoms with Crippen molar-refractivity contribution in [2.24, 2.45) is 0 Å². The fourth-order valence-corrected chi connectivity index (χ4v) is 2.13. The average molecular weight is 246 g/mol. The molecule has 1 saturated heterocycles. The Hall–Kier alpha value is -1.28. The maximum Gasteiger partial charge on any atom is 0.121 e. The zero-order chi connectivity index (χ0) is 12.6. The average Bonchev–Trinajstić information content (AvgIpc) is 2.38. The van der Waals surface area contributed by atoms with Crippen LogP contribution in [0.2, 0.25) is 0 Å². The van der Waals surface area contributed by atoms with E-state index >= 15 is 0 Å². The van der Waals surface area contributed by atoms with Gasteiger partial charge in [0.15, 0.2) is 0 Å². The lowest BCUT2D eigenvalue weighted by Crippen LogP contribution is -2.20. The number of hydrogen-bond donors (Lipinski definition) is 0. The molecule has 0 aliphatic carbocycles. The molecule has 0 amide bonds. The second-order valence-electron chi connectivity index (χ2n) is 4.85. The first-order valence-corrected chi connectivity index (χ1v) is 6.81. The molecule has 0 N–H and O–H groups in total. The normalized spacial score (nSPS) is 22.1. The molecule has 18 heavy (non-hydrogen) atoms. The lowest BCUT2D eigenvalue weighted by atomic mass is 10.1. The van der Waals surface area contributed by atoms with Crippen LogP contribution in [-0.4, -0.2) is 19.3 Å². The lowest BCUT2D eigenvalue weighted by Gasteiger charge is -2.20. The van der Waals surface area contributed by atoms with E-state index in [0.29, 0.717) is 0 Å². The van der Waals surface area contributed by atoms with Crippen LogP contribution in [0.4, 0.5) is 0 Å². The van der Waals surface area contributed by atoms with Gasteiger partial charge in [-0.1, -0.05) is 36.8 Å². The molecule has 1 aliphatic rings. The summed E-state index contributed by atoms with van der Waals surface area (Å²) >= 11 is 0. The van der Waals surface area contributed by atoms with Crippen molar-refractivity contribution >= 4 is 5.57 Å². The molecule has 2 rings (SSSR count). The summed E-state index contributed by atoms with van der Waals surface area (Å²) in [6, 6.07) is 10.3. The van der Waals surface area contributed by atoms with Crippen LogP contribution in [-0.2, 0) is 9.47 Å². The minimum Gasteiger partial charge on any atom is -0.495 e. The van der Waals surface area contributed by atoms with Crippen molar-refractivity contribution in [3.05, 3.63) is 42.2 Å². The molecule has 1 fully saturated rings. The highest BCUT2D eigenvalue weighted by Crippen LogP contribution is 2.16. The highest BCUT2D eigenvalue weighted by Gasteiger charge is 2.11. The zero-order valence-corrected chi connectivity index (χ0v) is 11.1. The Morgan fingerprint density at radius 3 is 2.89 bits per heavy atom. The predicted octanol–water partition coefficient (Wildman–Crippen LogP) is 4.02. The van der Waals surface area contributed by atoms with E-state index in [1.165, 1.54) is 24.8 Å². The van der Waals surface area contributed by atoms with Gasteiger partial charge < -0.3 is 9.47 Å². The number of hydrogen-bond acceptors (Lipinski definition) is 2. The van der Waals surface area contributed by atoms with Crippen LogP contribution in [0.1, 0.15) is 38.2 Å². The van der Waals surface area contributed by atoms with Crippen LogP contribution in [0, 0.1) is 0 Å². The van der Waals surface area contributed by atoms with Gasteiger partial charge in [0.05, 0.1) is 12.9 Å². The predicted molar refractivity (Wildman–Crippen MR) is 74.3 cm³/mol. The van der Waals surface area contributed by atoms with Gasteiger partial charge >= 0.3 is 0 Å². The van der Waals surface area contributed by atoms with Gasteiger partial charge in [0.1, 0.15) is 6.10 Å². The third kappa shape index (κ3) is 4.19. The van der Waals surface area contributed by atoms with E-state index in [1.54, 1.807) is 0 Å². The van der Waals surface area contributed by atoms with Crippen molar-refractivity contribution in [1.82, 2.24) is 0 Å². The Kier molecular flexibility index (Phi) is 5.28. The smallest absolute Gasteiger partial charge is 0.121 e. The highest BCUT2D eigenvalue weighted by molar-refractivity contribution is 5.62. The van der Waals surface area contributed by atoms with E-state index in [2.05, 4.69) is 19.1 Å². The molecule has 1 aliphatic heterocycles. The van der Waals surface area contributed by atoms with E-state index < -0.39 is 0 Å². The maximum absolute atomic E-state index is 5.85. The van der Waals surface area contributed by atoms with Gasteiger partial charge in [0.25, 0.3) is 0 Å². The molecule has 0 saturated carbocycles. The second kappa shape index (κ2) is 7.22. The first kappa shape index (κ1) is 13.2. The number of rotatable bonds is 3. The number of ether oxygens (including phenoxy) is 2. The van der Waals surface area contributed by atoms with Crippen molar-refractivity contribution in [2.45, 2.75) is 38.7 Å². The van der Waals surface area contributed by atoms with E-state index in [9.17, 15) is 0 Å². The van der Waals surface area contributed by atoms with Crippen molar-refractivity contribution in [3.63, 3.8) is 0 Å². The van der Waals surface area contributed by atoms with Gasteiger partial charge in [-0.15, -0.1) is 0 Å². The Balaban J connectivity index is 1.88. The second-order valence-corrected chi connectivity index (χ2v) is 4.85. The van der Waals surface area contributed by atoms with Crippen LogP contribution in [0.25, 0.3) is 5.57 Å². The molecule has 98 valence electrons. The largest absolute Gasteiger partial charge is 0.495 e. The summed E-state index contributed by atoms with van der Waals surface area (Å²) in [5, 5.41) is 0. The Labute approximate surface area is 110 Å². The molecule has 0 aromatic heterocycles. The minimum atomic E-state index is 0.212. The summed E-state index contributed by atoms with van der Waals surface area (Å²) < 4.78 is 11.4. The van der Waals surface area contributed by atoms with Gasteiger partial charge in [0, 0.05) is 6.61 Å². The third-order valence-electron chi connectivity index (χ3n) is 3.28. The molecule has 1 aromatic carbocycles. The van der Waals surface area contributed by atoms with Crippen LogP contribution in [0.5, 0.6) is 0 Å². The zero-order valence-electron chi connectivity index (χ0n) is 11.1. The molecule has 1 unspecified atom stereocenters. The summed E-state index contributed by atoms with van der Waals surface area (Å²) in [5.41, 5.74) is 2.38. The quantitative estimate of drug-likeness (QED) is 0.750. The molecule has 0 bridgehead atoms. The van der Waals surface area contributed by atoms with Gasteiger partial charge in [-0.25, -0.2) is 0 Å². The Morgan fingerprint density at radius 1 is 1.22 bits per heavy atom. The minimum absolute atomic E-state index is 0.212. The summed E-state index contributed by atoms with van der Waals surface area (Å²) in [4.78, 5) is 0. The Morgan fingerprint density at radius 2 is 2.06 bits per heavy atom. The SMILES string of the molecule is C/C(=C/OC1CCCCCOC1)c1ccccc1. The molecule has 1 aromatic rings. The third-order valence-corrected chi connectivity index (χ3v) is 3.28. The fraction of sp³-hybridized carbons (Fsp3) is 0.500. The van der Waals surface area contributed by atoms with Gasteiger partial charge in [0.2, 0.25) is 0 Å². The van der Waals surface area contributed by atoms with Crippen molar-refractivity contribution in [3.8, 4) is 0 Å². The summed E-state index contributed by atoms with van der Waals surface area (Å²) in [5.74, 6) is 0. The summed E-state index contributed by atoms with van der Waals surface area (Å²) in [6.45, 7) is 3.68. The molecule has 0 spiro atoms. The van der Waals surface area contributed by atoms with Gasteiger partial charge in [-0.2, -0.15) is 0 Å². The van der Waals surface area contributed by atoms with E-state index in [1.807, 2.05) is 24.5 Å². The molecule has 2 heteroatoms. The maximum atomic E-state index is 5.85. The van der Waals surface area contributed by atoms with Crippen LogP contribution < -0.4 is 0 Å². The molecule has 1 heterocycles. The molecule has 0 radical (unpaired) electrons. The lowest BCUT2D eigenvalue weighted by molar-refractivity contribution is 0.0117. The first-order chi connectivity index (χ1) is 8.86. The van der Waals surface area contributed by atoms with Crippen molar-refractivity contribution in [2.75, 3.05) is 13.2 Å². The monoisotopic (exact) mass is 246 g/mol. The van der Waals surface area contributed by atoms with Crippen LogP contribution in [0.3, 0.4) is 0 Å². The van der Waals surface area contributed by atoms with Gasteiger partial charge in [-0.3, -0.25) is 0 Å². The number of benzene rings is 1.